The van der Waals surface area contributed by atoms with Gasteiger partial charge in [-0.05, 0) is 31.7 Å². The van der Waals surface area contributed by atoms with E-state index in [2.05, 4.69) is 43.2 Å². The van der Waals surface area contributed by atoms with Crippen molar-refractivity contribution < 1.29 is 4.79 Å². The lowest BCUT2D eigenvalue weighted by molar-refractivity contribution is -0.133. The number of hydrogen-bond acceptors (Lipinski definition) is 5. The van der Waals surface area contributed by atoms with Crippen molar-refractivity contribution in [3.8, 4) is 0 Å². The third-order valence-corrected chi connectivity index (χ3v) is 4.92. The fourth-order valence-corrected chi connectivity index (χ4v) is 3.26. The van der Waals surface area contributed by atoms with E-state index in [1.807, 2.05) is 30.0 Å². The van der Waals surface area contributed by atoms with E-state index in [0.29, 0.717) is 12.2 Å². The molecule has 7 heteroatoms. The summed E-state index contributed by atoms with van der Waals surface area (Å²) in [7, 11) is 2.09. The highest BCUT2D eigenvalue weighted by Crippen LogP contribution is 2.24. The molecule has 1 saturated heterocycles. The van der Waals surface area contributed by atoms with Crippen LogP contribution in [-0.2, 0) is 4.79 Å². The summed E-state index contributed by atoms with van der Waals surface area (Å²) in [6.45, 7) is 5.43. The van der Waals surface area contributed by atoms with Crippen molar-refractivity contribution in [1.82, 2.24) is 19.8 Å². The molecule has 1 atom stereocenters. The Bertz CT molecular complexity index is 730. The lowest BCUT2D eigenvalue weighted by Crippen LogP contribution is -2.51. The van der Waals surface area contributed by atoms with Crippen molar-refractivity contribution in [1.29, 1.82) is 0 Å². The van der Waals surface area contributed by atoms with Gasteiger partial charge in [0, 0.05) is 36.0 Å². The van der Waals surface area contributed by atoms with E-state index in [1.54, 1.807) is 0 Å². The van der Waals surface area contributed by atoms with Gasteiger partial charge in [0.25, 0.3) is 0 Å². The molecular formula is C17H22BrN5O. The number of likely N-dealkylation sites (N-methyl/N-ethyl adjacent to an activating group) is 1. The number of carbonyl (C=O) groups excluding carboxylic acids is 1. The number of halogens is 1. The molecule has 6 nitrogen and oxygen atoms in total. The molecule has 24 heavy (non-hydrogen) atoms. The molecule has 1 aromatic carbocycles. The van der Waals surface area contributed by atoms with Crippen molar-refractivity contribution >= 4 is 38.6 Å². The van der Waals surface area contributed by atoms with Crippen LogP contribution in [0.2, 0.25) is 0 Å². The summed E-state index contributed by atoms with van der Waals surface area (Å²) in [6.07, 6.45) is 2.25. The Morgan fingerprint density at radius 3 is 2.75 bits per heavy atom. The maximum absolute atomic E-state index is 12.8. The highest BCUT2D eigenvalue weighted by atomic mass is 79.9. The van der Waals surface area contributed by atoms with Crippen molar-refractivity contribution in [3.63, 3.8) is 0 Å². The highest BCUT2D eigenvalue weighted by molar-refractivity contribution is 9.10. The fraction of sp³-hybridized carbons (Fsp3) is 0.471. The Morgan fingerprint density at radius 2 is 2.04 bits per heavy atom. The summed E-state index contributed by atoms with van der Waals surface area (Å²) >= 11 is 3.48. The number of nitrogens with one attached hydrogen (secondary N) is 1. The van der Waals surface area contributed by atoms with Crippen LogP contribution in [0, 0.1) is 0 Å². The summed E-state index contributed by atoms with van der Waals surface area (Å²) in [5.41, 5.74) is 0.859. The maximum atomic E-state index is 12.8. The zero-order valence-electron chi connectivity index (χ0n) is 14.0. The molecule has 1 fully saturated rings. The zero-order chi connectivity index (χ0) is 17.1. The van der Waals surface area contributed by atoms with Gasteiger partial charge >= 0.3 is 0 Å². The largest absolute Gasteiger partial charge is 0.358 e. The quantitative estimate of drug-likeness (QED) is 0.866. The minimum absolute atomic E-state index is 0.146. The van der Waals surface area contributed by atoms with Crippen LogP contribution in [0.4, 0.5) is 5.82 Å². The molecule has 0 spiro atoms. The van der Waals surface area contributed by atoms with E-state index >= 15 is 0 Å². The number of fused-ring (bicyclic) bond motifs is 1. The molecule has 0 saturated carbocycles. The van der Waals surface area contributed by atoms with Gasteiger partial charge in [0.1, 0.15) is 18.2 Å². The topological polar surface area (TPSA) is 61.4 Å². The Morgan fingerprint density at radius 1 is 1.29 bits per heavy atom. The monoisotopic (exact) mass is 391 g/mol. The molecule has 0 aliphatic carbocycles. The number of benzene rings is 1. The molecule has 1 amide bonds. The third-order valence-electron chi connectivity index (χ3n) is 4.43. The Hall–Kier alpha value is -1.73. The van der Waals surface area contributed by atoms with Crippen molar-refractivity contribution in [2.24, 2.45) is 0 Å². The van der Waals surface area contributed by atoms with E-state index in [4.69, 9.17) is 0 Å². The molecule has 0 radical (unpaired) electrons. The van der Waals surface area contributed by atoms with Crippen molar-refractivity contribution in [3.05, 3.63) is 29.0 Å². The minimum atomic E-state index is -0.273. The molecule has 1 unspecified atom stereocenters. The molecular weight excluding hydrogens is 370 g/mol. The van der Waals surface area contributed by atoms with Crippen LogP contribution in [-0.4, -0.2) is 64.9 Å². The average molecular weight is 392 g/mol. The van der Waals surface area contributed by atoms with Crippen LogP contribution in [0.5, 0.6) is 0 Å². The van der Waals surface area contributed by atoms with Gasteiger partial charge in [-0.2, -0.15) is 0 Å². The first-order valence-corrected chi connectivity index (χ1v) is 9.02. The van der Waals surface area contributed by atoms with Gasteiger partial charge in [-0.25, -0.2) is 9.97 Å². The van der Waals surface area contributed by atoms with E-state index < -0.39 is 0 Å². The summed E-state index contributed by atoms with van der Waals surface area (Å²) in [4.78, 5) is 25.7. The molecule has 0 bridgehead atoms. The molecule has 1 aliphatic heterocycles. The van der Waals surface area contributed by atoms with E-state index in [1.165, 1.54) is 6.33 Å². The predicted octanol–water partition coefficient (Wildman–Crippen LogP) is 2.36. The second-order valence-corrected chi connectivity index (χ2v) is 7.03. The van der Waals surface area contributed by atoms with Gasteiger partial charge in [0.2, 0.25) is 5.91 Å². The zero-order valence-corrected chi connectivity index (χ0v) is 15.6. The number of carbonyl (C=O) groups is 1. The first kappa shape index (κ1) is 17.1. The van der Waals surface area contributed by atoms with E-state index in [-0.39, 0.29) is 11.9 Å². The number of amides is 1. The lowest BCUT2D eigenvalue weighted by Gasteiger charge is -2.34. The van der Waals surface area contributed by atoms with Crippen LogP contribution in [0.25, 0.3) is 10.9 Å². The van der Waals surface area contributed by atoms with Crippen LogP contribution in [0.1, 0.15) is 13.3 Å². The molecule has 128 valence electrons. The maximum Gasteiger partial charge on any atom is 0.245 e. The third kappa shape index (κ3) is 3.67. The summed E-state index contributed by atoms with van der Waals surface area (Å²) in [6, 6.07) is 5.59. The molecule has 2 heterocycles. The number of nitrogens with zero attached hydrogens (tertiary/aromatic N) is 4. The van der Waals surface area contributed by atoms with Crippen LogP contribution >= 0.6 is 15.9 Å². The standard InChI is InChI=1S/C17H22BrN5O/c1-3-14(17(24)23-8-6-22(2)7-9-23)21-16-13-10-12(18)4-5-15(13)19-11-20-16/h4-5,10-11,14H,3,6-9H2,1-2H3,(H,19,20,21). The number of anilines is 1. The molecule has 1 aromatic heterocycles. The first-order chi connectivity index (χ1) is 11.6. The lowest BCUT2D eigenvalue weighted by atomic mass is 10.1. The number of hydrogen-bond donors (Lipinski definition) is 1. The summed E-state index contributed by atoms with van der Waals surface area (Å²) < 4.78 is 0.964. The summed E-state index contributed by atoms with van der Waals surface area (Å²) in [5, 5.41) is 4.24. The minimum Gasteiger partial charge on any atom is -0.358 e. The smallest absolute Gasteiger partial charge is 0.245 e. The van der Waals surface area contributed by atoms with Gasteiger partial charge < -0.3 is 15.1 Å². The van der Waals surface area contributed by atoms with Crippen LogP contribution in [0.15, 0.2) is 29.0 Å². The van der Waals surface area contributed by atoms with Gasteiger partial charge in [0.05, 0.1) is 5.52 Å². The van der Waals surface area contributed by atoms with Gasteiger partial charge in [-0.15, -0.1) is 0 Å². The molecule has 2 aromatic rings. The highest BCUT2D eigenvalue weighted by Gasteiger charge is 2.26. The van der Waals surface area contributed by atoms with E-state index in [9.17, 15) is 4.79 Å². The van der Waals surface area contributed by atoms with Crippen molar-refractivity contribution in [2.75, 3.05) is 38.5 Å². The van der Waals surface area contributed by atoms with Gasteiger partial charge in [-0.3, -0.25) is 4.79 Å². The SMILES string of the molecule is CCC(Nc1ncnc2ccc(Br)cc12)C(=O)N1CCN(C)CC1. The Kier molecular flexibility index (Phi) is 5.30. The first-order valence-electron chi connectivity index (χ1n) is 8.22. The Balaban J connectivity index is 1.80. The second-order valence-electron chi connectivity index (χ2n) is 6.12. The summed E-state index contributed by atoms with van der Waals surface area (Å²) in [5.74, 6) is 0.850. The molecule has 3 rings (SSSR count). The fourth-order valence-electron chi connectivity index (χ4n) is 2.89. The number of aromatic nitrogens is 2. The normalized spacial score (nSPS) is 17.0. The molecule has 1 N–H and O–H groups in total. The van der Waals surface area contributed by atoms with Crippen LogP contribution in [0.3, 0.4) is 0 Å². The Labute approximate surface area is 150 Å². The predicted molar refractivity (Wildman–Crippen MR) is 99.0 cm³/mol. The van der Waals surface area contributed by atoms with Crippen molar-refractivity contribution in [2.45, 2.75) is 19.4 Å². The van der Waals surface area contributed by atoms with Gasteiger partial charge in [-0.1, -0.05) is 22.9 Å². The second kappa shape index (κ2) is 7.44. The average Bonchev–Trinajstić information content (AvgIpc) is 2.60. The van der Waals surface area contributed by atoms with E-state index in [0.717, 1.165) is 41.6 Å². The number of rotatable bonds is 4. The number of piperazine rings is 1. The van der Waals surface area contributed by atoms with Crippen LogP contribution < -0.4 is 5.32 Å². The van der Waals surface area contributed by atoms with Gasteiger partial charge in [0.15, 0.2) is 0 Å². The molecule has 1 aliphatic rings.